The third-order valence-corrected chi connectivity index (χ3v) is 4.49. The molecule has 0 N–H and O–H groups in total. The summed E-state index contributed by atoms with van der Waals surface area (Å²) in [5.41, 5.74) is 2.32. The number of imidazole rings is 1. The maximum atomic E-state index is 5.36. The molecule has 124 valence electrons. The van der Waals surface area contributed by atoms with E-state index in [2.05, 4.69) is 46.8 Å². The zero-order valence-corrected chi connectivity index (χ0v) is 14.4. The summed E-state index contributed by atoms with van der Waals surface area (Å²) in [6, 6.07) is 6.08. The lowest BCUT2D eigenvalue weighted by atomic mass is 10.1. The van der Waals surface area contributed by atoms with E-state index in [0.29, 0.717) is 5.92 Å². The molecule has 1 saturated heterocycles. The van der Waals surface area contributed by atoms with Gasteiger partial charge >= 0.3 is 0 Å². The van der Waals surface area contributed by atoms with E-state index in [1.807, 2.05) is 6.07 Å². The Balaban J connectivity index is 1.69. The molecule has 5 heteroatoms. The molecule has 23 heavy (non-hydrogen) atoms. The summed E-state index contributed by atoms with van der Waals surface area (Å²) < 4.78 is 12.9. The van der Waals surface area contributed by atoms with Crippen molar-refractivity contribution in [2.75, 3.05) is 27.3 Å². The van der Waals surface area contributed by atoms with Crippen molar-refractivity contribution in [3.63, 3.8) is 0 Å². The van der Waals surface area contributed by atoms with Crippen molar-refractivity contribution in [1.29, 1.82) is 0 Å². The van der Waals surface area contributed by atoms with Gasteiger partial charge in [-0.2, -0.15) is 0 Å². The first-order valence-electron chi connectivity index (χ1n) is 8.03. The third kappa shape index (κ3) is 3.50. The predicted octanol–water partition coefficient (Wildman–Crippen LogP) is 2.74. The van der Waals surface area contributed by atoms with E-state index in [9.17, 15) is 0 Å². The van der Waals surface area contributed by atoms with Crippen molar-refractivity contribution in [2.24, 2.45) is 7.05 Å². The van der Waals surface area contributed by atoms with Gasteiger partial charge in [0.25, 0.3) is 0 Å². The molecule has 1 unspecified atom stereocenters. The second-order valence-electron chi connectivity index (χ2n) is 6.29. The van der Waals surface area contributed by atoms with E-state index in [1.54, 1.807) is 14.2 Å². The summed E-state index contributed by atoms with van der Waals surface area (Å²) in [7, 11) is 5.46. The van der Waals surface area contributed by atoms with Crippen molar-refractivity contribution >= 4 is 0 Å². The van der Waals surface area contributed by atoms with Crippen molar-refractivity contribution in [2.45, 2.75) is 25.8 Å². The van der Waals surface area contributed by atoms with Crippen LogP contribution < -0.4 is 9.47 Å². The van der Waals surface area contributed by atoms with Crippen LogP contribution >= 0.6 is 0 Å². The van der Waals surface area contributed by atoms with Gasteiger partial charge < -0.3 is 14.0 Å². The van der Waals surface area contributed by atoms with E-state index in [4.69, 9.17) is 9.47 Å². The van der Waals surface area contributed by atoms with E-state index in [0.717, 1.165) is 43.2 Å². The number of methoxy groups -OCH3 is 2. The molecule has 3 rings (SSSR count). The zero-order valence-electron chi connectivity index (χ0n) is 14.4. The standard InChI is InChI=1S/C18H25N3O2/c1-13-10-20(2)18(19-13)15-5-6-21(12-15)11-14-7-16(22-3)9-17(8-14)23-4/h7-10,15H,5-6,11-12H2,1-4H3. The smallest absolute Gasteiger partial charge is 0.122 e. The maximum absolute atomic E-state index is 5.36. The zero-order chi connectivity index (χ0) is 16.4. The SMILES string of the molecule is COc1cc(CN2CCC(c3nc(C)cn3C)C2)cc(OC)c1. The van der Waals surface area contributed by atoms with Gasteiger partial charge in [-0.1, -0.05) is 0 Å². The summed E-state index contributed by atoms with van der Waals surface area (Å²) in [4.78, 5) is 7.16. The van der Waals surface area contributed by atoms with Crippen molar-refractivity contribution in [3.8, 4) is 11.5 Å². The van der Waals surface area contributed by atoms with Crippen LogP contribution in [0, 0.1) is 6.92 Å². The molecule has 0 bridgehead atoms. The van der Waals surface area contributed by atoms with Crippen LogP contribution in [0.25, 0.3) is 0 Å². The lowest BCUT2D eigenvalue weighted by Crippen LogP contribution is -2.20. The summed E-state index contributed by atoms with van der Waals surface area (Å²) in [5, 5.41) is 0. The molecule has 0 saturated carbocycles. The van der Waals surface area contributed by atoms with Crippen LogP contribution in [0.1, 0.15) is 29.4 Å². The highest BCUT2D eigenvalue weighted by Gasteiger charge is 2.27. The van der Waals surface area contributed by atoms with Crippen LogP contribution in [0.4, 0.5) is 0 Å². The average Bonchev–Trinajstić information content (AvgIpc) is 3.12. The fraction of sp³-hybridized carbons (Fsp3) is 0.500. The van der Waals surface area contributed by atoms with Crippen LogP contribution in [0.15, 0.2) is 24.4 Å². The largest absolute Gasteiger partial charge is 0.497 e. The number of hydrogen-bond donors (Lipinski definition) is 0. The maximum Gasteiger partial charge on any atom is 0.122 e. The molecule has 2 aromatic rings. The molecule has 0 radical (unpaired) electrons. The Labute approximate surface area is 137 Å². The summed E-state index contributed by atoms with van der Waals surface area (Å²) in [6.07, 6.45) is 3.26. The van der Waals surface area contributed by atoms with E-state index >= 15 is 0 Å². The number of aryl methyl sites for hydroxylation is 2. The molecule has 0 spiro atoms. The Bertz CT molecular complexity index is 659. The van der Waals surface area contributed by atoms with Gasteiger partial charge in [-0.05, 0) is 37.6 Å². The molecule has 1 aromatic heterocycles. The Morgan fingerprint density at radius 2 is 1.87 bits per heavy atom. The molecule has 1 fully saturated rings. The molecule has 1 aliphatic rings. The number of ether oxygens (including phenoxy) is 2. The first-order valence-corrected chi connectivity index (χ1v) is 8.03. The number of likely N-dealkylation sites (tertiary alicyclic amines) is 1. The molecular formula is C18H25N3O2. The third-order valence-electron chi connectivity index (χ3n) is 4.49. The van der Waals surface area contributed by atoms with Crippen LogP contribution in [0.2, 0.25) is 0 Å². The number of hydrogen-bond acceptors (Lipinski definition) is 4. The number of benzene rings is 1. The van der Waals surface area contributed by atoms with Crippen LogP contribution in [-0.4, -0.2) is 41.8 Å². The summed E-state index contributed by atoms with van der Waals surface area (Å²) in [5.74, 6) is 3.40. The predicted molar refractivity (Wildman–Crippen MR) is 90.1 cm³/mol. The minimum absolute atomic E-state index is 0.515. The monoisotopic (exact) mass is 315 g/mol. The van der Waals surface area contributed by atoms with Crippen molar-refractivity contribution in [3.05, 3.63) is 41.5 Å². The van der Waals surface area contributed by atoms with Crippen LogP contribution in [0.3, 0.4) is 0 Å². The molecule has 0 aliphatic carbocycles. The highest BCUT2D eigenvalue weighted by atomic mass is 16.5. The first-order chi connectivity index (χ1) is 11.1. The molecule has 2 heterocycles. The Morgan fingerprint density at radius 3 is 2.43 bits per heavy atom. The lowest BCUT2D eigenvalue weighted by Gasteiger charge is -2.17. The van der Waals surface area contributed by atoms with Gasteiger partial charge in [-0.15, -0.1) is 0 Å². The van der Waals surface area contributed by atoms with Gasteiger partial charge in [0, 0.05) is 38.3 Å². The van der Waals surface area contributed by atoms with Gasteiger partial charge in [-0.3, -0.25) is 4.90 Å². The van der Waals surface area contributed by atoms with Gasteiger partial charge in [0.1, 0.15) is 17.3 Å². The van der Waals surface area contributed by atoms with Gasteiger partial charge in [0.2, 0.25) is 0 Å². The second-order valence-corrected chi connectivity index (χ2v) is 6.29. The minimum atomic E-state index is 0.515. The highest BCUT2D eigenvalue weighted by molar-refractivity contribution is 5.38. The van der Waals surface area contributed by atoms with E-state index in [1.165, 1.54) is 11.4 Å². The Hall–Kier alpha value is -2.01. The molecule has 5 nitrogen and oxygen atoms in total. The average molecular weight is 315 g/mol. The molecule has 1 aliphatic heterocycles. The van der Waals surface area contributed by atoms with E-state index in [-0.39, 0.29) is 0 Å². The van der Waals surface area contributed by atoms with Crippen molar-refractivity contribution in [1.82, 2.24) is 14.5 Å². The van der Waals surface area contributed by atoms with Gasteiger partial charge in [-0.25, -0.2) is 4.98 Å². The van der Waals surface area contributed by atoms with Crippen LogP contribution in [-0.2, 0) is 13.6 Å². The fourth-order valence-electron chi connectivity index (χ4n) is 3.42. The normalized spacial score (nSPS) is 18.3. The second kappa shape index (κ2) is 6.62. The topological polar surface area (TPSA) is 39.5 Å². The summed E-state index contributed by atoms with van der Waals surface area (Å²) in [6.45, 7) is 5.10. The Kier molecular flexibility index (Phi) is 4.57. The van der Waals surface area contributed by atoms with Gasteiger partial charge in [0.15, 0.2) is 0 Å². The quantitative estimate of drug-likeness (QED) is 0.850. The molecule has 1 atom stereocenters. The summed E-state index contributed by atoms with van der Waals surface area (Å²) >= 11 is 0. The van der Waals surface area contributed by atoms with E-state index < -0.39 is 0 Å². The molecule has 1 aromatic carbocycles. The number of nitrogens with zero attached hydrogens (tertiary/aromatic N) is 3. The first kappa shape index (κ1) is 15.9. The lowest BCUT2D eigenvalue weighted by molar-refractivity contribution is 0.322. The Morgan fingerprint density at radius 1 is 1.17 bits per heavy atom. The minimum Gasteiger partial charge on any atom is -0.497 e. The molecule has 0 amide bonds. The van der Waals surface area contributed by atoms with Crippen LogP contribution in [0.5, 0.6) is 11.5 Å². The highest BCUT2D eigenvalue weighted by Crippen LogP contribution is 2.29. The van der Waals surface area contributed by atoms with Crippen molar-refractivity contribution < 1.29 is 9.47 Å². The fourth-order valence-corrected chi connectivity index (χ4v) is 3.42. The number of rotatable bonds is 5. The number of aromatic nitrogens is 2. The van der Waals surface area contributed by atoms with Gasteiger partial charge in [0.05, 0.1) is 19.9 Å². The molecular weight excluding hydrogens is 290 g/mol.